The minimum absolute atomic E-state index is 0.844. The van der Waals surface area contributed by atoms with E-state index in [9.17, 15) is 0 Å². The van der Waals surface area contributed by atoms with Crippen LogP contribution < -0.4 is 10.2 Å². The van der Waals surface area contributed by atoms with E-state index in [4.69, 9.17) is 12.2 Å². The molecule has 14 heavy (non-hydrogen) atoms. The number of nitrogens with one attached hydrogen (secondary N) is 1. The lowest BCUT2D eigenvalue weighted by Gasteiger charge is -2.19. The van der Waals surface area contributed by atoms with Crippen molar-refractivity contribution in [3.63, 3.8) is 0 Å². The Morgan fingerprint density at radius 2 is 2.14 bits per heavy atom. The first-order chi connectivity index (χ1) is 6.68. The molecule has 1 N–H and O–H groups in total. The molecule has 0 atom stereocenters. The molecule has 1 saturated heterocycles. The number of thiocarbonyl (C=S) groups is 1. The molecule has 0 amide bonds. The molecule has 0 saturated carbocycles. The van der Waals surface area contributed by atoms with Crippen LogP contribution in [0.2, 0.25) is 0 Å². The molecular weight excluding hydrogens is 192 g/mol. The quantitative estimate of drug-likeness (QED) is 0.708. The third-order valence-electron chi connectivity index (χ3n) is 2.50. The van der Waals surface area contributed by atoms with Gasteiger partial charge in [-0.05, 0) is 37.7 Å². The minimum Gasteiger partial charge on any atom is -0.360 e. The van der Waals surface area contributed by atoms with Crippen molar-refractivity contribution < 1.29 is 0 Å². The molecule has 3 heteroatoms. The van der Waals surface area contributed by atoms with Gasteiger partial charge in [0.15, 0.2) is 5.11 Å². The summed E-state index contributed by atoms with van der Waals surface area (Å²) in [4.78, 5) is 2.16. The first-order valence-electron chi connectivity index (χ1n) is 4.81. The number of benzene rings is 1. The summed E-state index contributed by atoms with van der Waals surface area (Å²) in [5.74, 6) is 0. The van der Waals surface area contributed by atoms with E-state index in [0.29, 0.717) is 0 Å². The van der Waals surface area contributed by atoms with Crippen molar-refractivity contribution >= 4 is 23.0 Å². The summed E-state index contributed by atoms with van der Waals surface area (Å²) in [6.07, 6.45) is 0. The fourth-order valence-corrected chi connectivity index (χ4v) is 2.10. The summed E-state index contributed by atoms with van der Waals surface area (Å²) in [7, 11) is 0. The minimum atomic E-state index is 0.844. The second kappa shape index (κ2) is 3.58. The lowest BCUT2D eigenvalue weighted by atomic mass is 10.1. The van der Waals surface area contributed by atoms with Crippen LogP contribution in [0.3, 0.4) is 0 Å². The zero-order valence-electron chi connectivity index (χ0n) is 8.50. The van der Waals surface area contributed by atoms with Crippen molar-refractivity contribution in [2.45, 2.75) is 13.8 Å². The SMILES string of the molecule is Cc1ccc(N2CCNC2=S)c(C)c1. The molecule has 1 aromatic carbocycles. The largest absolute Gasteiger partial charge is 0.360 e. The number of hydrogen-bond donors (Lipinski definition) is 1. The standard InChI is InChI=1S/C11H14N2S/c1-8-3-4-10(9(2)7-8)13-6-5-12-11(13)14/h3-4,7H,5-6H2,1-2H3,(H,12,14). The Bertz CT molecular complexity index is 374. The Labute approximate surface area is 89.9 Å². The molecule has 0 bridgehead atoms. The van der Waals surface area contributed by atoms with Crippen LogP contribution in [0, 0.1) is 13.8 Å². The molecule has 1 aromatic rings. The van der Waals surface area contributed by atoms with E-state index in [1.165, 1.54) is 16.8 Å². The van der Waals surface area contributed by atoms with Crippen molar-refractivity contribution in [3.8, 4) is 0 Å². The number of nitrogens with zero attached hydrogens (tertiary/aromatic N) is 1. The van der Waals surface area contributed by atoms with Gasteiger partial charge in [-0.3, -0.25) is 0 Å². The lowest BCUT2D eigenvalue weighted by molar-refractivity contribution is 0.973. The second-order valence-electron chi connectivity index (χ2n) is 3.67. The molecule has 0 aliphatic carbocycles. The second-order valence-corrected chi connectivity index (χ2v) is 4.06. The Morgan fingerprint density at radius 1 is 1.36 bits per heavy atom. The van der Waals surface area contributed by atoms with Gasteiger partial charge in [0.25, 0.3) is 0 Å². The summed E-state index contributed by atoms with van der Waals surface area (Å²) in [6.45, 7) is 6.16. The molecule has 1 heterocycles. The fraction of sp³-hybridized carbons (Fsp3) is 0.364. The highest BCUT2D eigenvalue weighted by molar-refractivity contribution is 7.80. The molecule has 0 aromatic heterocycles. The maximum absolute atomic E-state index is 5.23. The van der Waals surface area contributed by atoms with Gasteiger partial charge >= 0.3 is 0 Å². The van der Waals surface area contributed by atoms with Gasteiger partial charge in [-0.1, -0.05) is 17.7 Å². The van der Waals surface area contributed by atoms with Crippen LogP contribution in [0.15, 0.2) is 18.2 Å². The first-order valence-corrected chi connectivity index (χ1v) is 5.22. The fourth-order valence-electron chi connectivity index (χ4n) is 1.81. The van der Waals surface area contributed by atoms with Crippen LogP contribution in [-0.2, 0) is 0 Å². The molecule has 1 aliphatic rings. The van der Waals surface area contributed by atoms with Gasteiger partial charge in [-0.2, -0.15) is 0 Å². The zero-order chi connectivity index (χ0) is 10.1. The van der Waals surface area contributed by atoms with E-state index in [1.54, 1.807) is 0 Å². The van der Waals surface area contributed by atoms with Crippen molar-refractivity contribution in [2.24, 2.45) is 0 Å². The molecule has 0 radical (unpaired) electrons. The van der Waals surface area contributed by atoms with Gasteiger partial charge in [0.2, 0.25) is 0 Å². The van der Waals surface area contributed by atoms with Crippen molar-refractivity contribution in [2.75, 3.05) is 18.0 Å². The Morgan fingerprint density at radius 3 is 2.71 bits per heavy atom. The summed E-state index contributed by atoms with van der Waals surface area (Å²) < 4.78 is 0. The molecule has 0 spiro atoms. The lowest BCUT2D eigenvalue weighted by Crippen LogP contribution is -2.27. The van der Waals surface area contributed by atoms with Crippen molar-refractivity contribution in [1.82, 2.24) is 5.32 Å². The van der Waals surface area contributed by atoms with E-state index in [1.807, 2.05) is 0 Å². The topological polar surface area (TPSA) is 15.3 Å². The molecular formula is C11H14N2S. The highest BCUT2D eigenvalue weighted by atomic mass is 32.1. The van der Waals surface area contributed by atoms with Gasteiger partial charge in [-0.15, -0.1) is 0 Å². The van der Waals surface area contributed by atoms with Gasteiger partial charge in [0.05, 0.1) is 0 Å². The molecule has 1 fully saturated rings. The number of hydrogen-bond acceptors (Lipinski definition) is 1. The van der Waals surface area contributed by atoms with E-state index in [-0.39, 0.29) is 0 Å². The average molecular weight is 206 g/mol. The maximum atomic E-state index is 5.23. The summed E-state index contributed by atoms with van der Waals surface area (Å²) in [5.41, 5.74) is 3.81. The molecule has 0 unspecified atom stereocenters. The van der Waals surface area contributed by atoms with Gasteiger partial charge in [0.1, 0.15) is 0 Å². The first kappa shape index (κ1) is 9.46. The average Bonchev–Trinajstić information content (AvgIpc) is 2.52. The third kappa shape index (κ3) is 1.60. The summed E-state index contributed by atoms with van der Waals surface area (Å²) in [5, 5.41) is 4.01. The van der Waals surface area contributed by atoms with Crippen LogP contribution in [0.4, 0.5) is 5.69 Å². The van der Waals surface area contributed by atoms with Gasteiger partial charge < -0.3 is 10.2 Å². The normalized spacial score (nSPS) is 15.9. The van der Waals surface area contributed by atoms with Gasteiger partial charge in [-0.25, -0.2) is 0 Å². The number of anilines is 1. The Balaban J connectivity index is 2.36. The highest BCUT2D eigenvalue weighted by Crippen LogP contribution is 2.22. The van der Waals surface area contributed by atoms with Crippen LogP contribution in [-0.4, -0.2) is 18.2 Å². The van der Waals surface area contributed by atoms with E-state index in [0.717, 1.165) is 18.2 Å². The van der Waals surface area contributed by atoms with Crippen LogP contribution in [0.5, 0.6) is 0 Å². The monoisotopic (exact) mass is 206 g/mol. The summed E-state index contributed by atoms with van der Waals surface area (Å²) in [6, 6.07) is 6.46. The number of aryl methyl sites for hydroxylation is 2. The van der Waals surface area contributed by atoms with Crippen molar-refractivity contribution in [3.05, 3.63) is 29.3 Å². The maximum Gasteiger partial charge on any atom is 0.173 e. The van der Waals surface area contributed by atoms with Gasteiger partial charge in [0, 0.05) is 18.8 Å². The van der Waals surface area contributed by atoms with Crippen molar-refractivity contribution in [1.29, 1.82) is 0 Å². The van der Waals surface area contributed by atoms with E-state index in [2.05, 4.69) is 42.3 Å². The third-order valence-corrected chi connectivity index (χ3v) is 2.86. The summed E-state index contributed by atoms with van der Waals surface area (Å²) >= 11 is 5.23. The zero-order valence-corrected chi connectivity index (χ0v) is 9.32. The van der Waals surface area contributed by atoms with Crippen LogP contribution in [0.1, 0.15) is 11.1 Å². The number of rotatable bonds is 1. The predicted octanol–water partition coefficient (Wildman–Crippen LogP) is 2.00. The predicted molar refractivity (Wildman–Crippen MR) is 63.9 cm³/mol. The van der Waals surface area contributed by atoms with E-state index < -0.39 is 0 Å². The Kier molecular flexibility index (Phi) is 2.42. The smallest absolute Gasteiger partial charge is 0.173 e. The molecule has 74 valence electrons. The highest BCUT2D eigenvalue weighted by Gasteiger charge is 2.18. The molecule has 2 nitrogen and oxygen atoms in total. The van der Waals surface area contributed by atoms with E-state index >= 15 is 0 Å². The van der Waals surface area contributed by atoms with Crippen LogP contribution >= 0.6 is 12.2 Å². The molecule has 2 rings (SSSR count). The van der Waals surface area contributed by atoms with Crippen LogP contribution in [0.25, 0.3) is 0 Å². The molecule has 1 aliphatic heterocycles. The Hall–Kier alpha value is -1.09.